The van der Waals surface area contributed by atoms with Crippen LogP contribution in [-0.2, 0) is 29.2 Å². The van der Waals surface area contributed by atoms with E-state index in [1.807, 2.05) is 48.5 Å². The van der Waals surface area contributed by atoms with E-state index in [-0.39, 0.29) is 37.0 Å². The number of benzene rings is 2. The minimum atomic E-state index is -1.28. The molecule has 2 aromatic carbocycles. The number of carbonyl (C=O) groups is 3. The molecule has 1 N–H and O–H groups in total. The number of carbonyl (C=O) groups excluding carboxylic acids is 3. The third-order valence-corrected chi connectivity index (χ3v) is 6.09. The van der Waals surface area contributed by atoms with E-state index in [1.165, 1.54) is 15.6 Å². The first kappa shape index (κ1) is 24.0. The molecule has 0 fully saturated rings. The average Bonchev–Trinajstić information content (AvgIpc) is 3.30. The third kappa shape index (κ3) is 4.75. The van der Waals surface area contributed by atoms with Crippen molar-refractivity contribution in [3.05, 3.63) is 83.2 Å². The number of fused-ring (bicyclic) bond motifs is 1. The van der Waals surface area contributed by atoms with E-state index in [0.717, 1.165) is 11.1 Å². The molecule has 2 amide bonds. The fraction of sp³-hybridized carbons (Fsp3) is 0.308. The van der Waals surface area contributed by atoms with Crippen molar-refractivity contribution >= 4 is 17.8 Å². The summed E-state index contributed by atoms with van der Waals surface area (Å²) in [6, 6.07) is 18.3. The van der Waals surface area contributed by atoms with E-state index in [4.69, 9.17) is 9.47 Å². The van der Waals surface area contributed by atoms with Gasteiger partial charge in [-0.15, -0.1) is 0 Å². The van der Waals surface area contributed by atoms with Crippen LogP contribution in [0.2, 0.25) is 0 Å². The standard InChI is InChI=1S/C26H28N4O5/c1-4-35-24(32)20-14-21-23(31)29(16-19-12-8-9-13-22(19)34-3)26(2,17-30(21)28-20)25(33)27-15-18-10-6-5-7-11-18/h5-14H,4,15-17H2,1-3H3,(H,27,33). The van der Waals surface area contributed by atoms with E-state index in [0.29, 0.717) is 12.3 Å². The fourth-order valence-electron chi connectivity index (χ4n) is 4.17. The number of esters is 1. The Labute approximate surface area is 203 Å². The van der Waals surface area contributed by atoms with Crippen molar-refractivity contribution in [2.75, 3.05) is 13.7 Å². The third-order valence-electron chi connectivity index (χ3n) is 6.09. The maximum atomic E-state index is 13.7. The second-order valence-electron chi connectivity index (χ2n) is 8.44. The van der Waals surface area contributed by atoms with Crippen LogP contribution < -0.4 is 10.1 Å². The molecule has 0 saturated carbocycles. The summed E-state index contributed by atoms with van der Waals surface area (Å²) in [5, 5.41) is 7.24. The Hall–Kier alpha value is -4.14. The van der Waals surface area contributed by atoms with E-state index in [2.05, 4.69) is 10.4 Å². The molecule has 0 saturated heterocycles. The van der Waals surface area contributed by atoms with Gasteiger partial charge < -0.3 is 19.7 Å². The highest BCUT2D eigenvalue weighted by atomic mass is 16.5. The minimum Gasteiger partial charge on any atom is -0.496 e. The maximum Gasteiger partial charge on any atom is 0.358 e. The van der Waals surface area contributed by atoms with Gasteiger partial charge in [-0.25, -0.2) is 4.79 Å². The lowest BCUT2D eigenvalue weighted by Crippen LogP contribution is -2.63. The van der Waals surface area contributed by atoms with Crippen LogP contribution in [0.5, 0.6) is 5.75 Å². The van der Waals surface area contributed by atoms with Gasteiger partial charge in [-0.05, 0) is 25.5 Å². The van der Waals surface area contributed by atoms with Gasteiger partial charge in [0.2, 0.25) is 5.91 Å². The molecule has 1 aliphatic rings. The van der Waals surface area contributed by atoms with Gasteiger partial charge >= 0.3 is 5.97 Å². The van der Waals surface area contributed by atoms with Crippen LogP contribution in [0.4, 0.5) is 0 Å². The lowest BCUT2D eigenvalue weighted by molar-refractivity contribution is -0.133. The van der Waals surface area contributed by atoms with E-state index < -0.39 is 17.4 Å². The molecule has 182 valence electrons. The van der Waals surface area contributed by atoms with Gasteiger partial charge in [0.05, 0.1) is 26.8 Å². The van der Waals surface area contributed by atoms with Crippen LogP contribution in [0.3, 0.4) is 0 Å². The lowest BCUT2D eigenvalue weighted by atomic mass is 9.94. The number of aromatic nitrogens is 2. The molecule has 2 heterocycles. The summed E-state index contributed by atoms with van der Waals surface area (Å²) in [5.74, 6) is -0.752. The maximum absolute atomic E-state index is 13.7. The van der Waals surface area contributed by atoms with Gasteiger partial charge in [-0.3, -0.25) is 14.3 Å². The number of nitrogens with zero attached hydrogens (tertiary/aromatic N) is 3. The summed E-state index contributed by atoms with van der Waals surface area (Å²) in [6.07, 6.45) is 0. The SMILES string of the molecule is CCOC(=O)c1cc2n(n1)CC(C)(C(=O)NCc1ccccc1)N(Cc1ccccc1OC)C2=O. The van der Waals surface area contributed by atoms with E-state index >= 15 is 0 Å². The van der Waals surface area contributed by atoms with Crippen LogP contribution in [0.25, 0.3) is 0 Å². The molecule has 3 aromatic rings. The summed E-state index contributed by atoms with van der Waals surface area (Å²) in [5.41, 5.74) is 0.659. The largest absolute Gasteiger partial charge is 0.496 e. The van der Waals surface area contributed by atoms with Crippen molar-refractivity contribution < 1.29 is 23.9 Å². The zero-order valence-corrected chi connectivity index (χ0v) is 20.0. The van der Waals surface area contributed by atoms with Gasteiger partial charge in [-0.2, -0.15) is 5.10 Å². The number of hydrogen-bond acceptors (Lipinski definition) is 6. The molecule has 1 atom stereocenters. The lowest BCUT2D eigenvalue weighted by Gasteiger charge is -2.43. The second kappa shape index (κ2) is 10.0. The number of ether oxygens (including phenoxy) is 2. The topological polar surface area (TPSA) is 103 Å². The molecule has 9 nitrogen and oxygen atoms in total. The van der Waals surface area contributed by atoms with Gasteiger partial charge in [0.15, 0.2) is 5.69 Å². The first-order valence-corrected chi connectivity index (χ1v) is 11.4. The zero-order valence-electron chi connectivity index (χ0n) is 20.0. The number of amides is 2. The van der Waals surface area contributed by atoms with Crippen molar-refractivity contribution in [3.63, 3.8) is 0 Å². The molecule has 35 heavy (non-hydrogen) atoms. The van der Waals surface area contributed by atoms with Crippen LogP contribution in [0, 0.1) is 0 Å². The Kier molecular flexibility index (Phi) is 6.86. The number of methoxy groups -OCH3 is 1. The molecule has 0 spiro atoms. The van der Waals surface area contributed by atoms with Gasteiger partial charge in [0.1, 0.15) is 17.0 Å². The van der Waals surface area contributed by atoms with Crippen LogP contribution in [0.15, 0.2) is 60.7 Å². The van der Waals surface area contributed by atoms with Crippen molar-refractivity contribution in [2.45, 2.75) is 39.0 Å². The molecular formula is C26H28N4O5. The molecule has 4 rings (SSSR count). The number of para-hydroxylation sites is 1. The molecule has 0 aliphatic carbocycles. The smallest absolute Gasteiger partial charge is 0.358 e. The predicted molar refractivity (Wildman–Crippen MR) is 128 cm³/mol. The second-order valence-corrected chi connectivity index (χ2v) is 8.44. The highest BCUT2D eigenvalue weighted by molar-refractivity contribution is 6.01. The molecule has 1 unspecified atom stereocenters. The monoisotopic (exact) mass is 476 g/mol. The predicted octanol–water partition coefficient (Wildman–Crippen LogP) is 2.80. The van der Waals surface area contributed by atoms with Gasteiger partial charge in [-0.1, -0.05) is 48.5 Å². The highest BCUT2D eigenvalue weighted by Gasteiger charge is 2.48. The van der Waals surface area contributed by atoms with Crippen LogP contribution >= 0.6 is 0 Å². The Bertz CT molecular complexity index is 1240. The van der Waals surface area contributed by atoms with E-state index in [9.17, 15) is 14.4 Å². The van der Waals surface area contributed by atoms with Gasteiger partial charge in [0, 0.05) is 18.2 Å². The fourth-order valence-corrected chi connectivity index (χ4v) is 4.17. The summed E-state index contributed by atoms with van der Waals surface area (Å²) in [4.78, 5) is 41.1. The molecule has 1 aromatic heterocycles. The Morgan fingerprint density at radius 3 is 2.54 bits per heavy atom. The summed E-state index contributed by atoms with van der Waals surface area (Å²) in [7, 11) is 1.56. The van der Waals surface area contributed by atoms with E-state index in [1.54, 1.807) is 27.0 Å². The molecular weight excluding hydrogens is 448 g/mol. The van der Waals surface area contributed by atoms with Crippen molar-refractivity contribution in [1.82, 2.24) is 20.0 Å². The number of hydrogen-bond donors (Lipinski definition) is 1. The van der Waals surface area contributed by atoms with Crippen molar-refractivity contribution in [3.8, 4) is 5.75 Å². The highest BCUT2D eigenvalue weighted by Crippen LogP contribution is 2.31. The molecule has 9 heteroatoms. The molecule has 0 radical (unpaired) electrons. The van der Waals surface area contributed by atoms with Gasteiger partial charge in [0.25, 0.3) is 5.91 Å². The molecule has 1 aliphatic heterocycles. The van der Waals surface area contributed by atoms with Crippen molar-refractivity contribution in [2.24, 2.45) is 0 Å². The Morgan fingerprint density at radius 1 is 1.11 bits per heavy atom. The van der Waals surface area contributed by atoms with Crippen LogP contribution in [-0.4, -0.2) is 51.7 Å². The average molecular weight is 477 g/mol. The molecule has 0 bridgehead atoms. The Balaban J connectivity index is 1.70. The normalized spacial score (nSPS) is 17.0. The van der Waals surface area contributed by atoms with Crippen molar-refractivity contribution in [1.29, 1.82) is 0 Å². The zero-order chi connectivity index (χ0) is 25.0. The first-order valence-electron chi connectivity index (χ1n) is 11.4. The summed E-state index contributed by atoms with van der Waals surface area (Å²) >= 11 is 0. The number of nitrogens with one attached hydrogen (secondary N) is 1. The Morgan fingerprint density at radius 2 is 1.83 bits per heavy atom. The first-order chi connectivity index (χ1) is 16.9. The van der Waals surface area contributed by atoms with Crippen LogP contribution in [0.1, 0.15) is 46.0 Å². The minimum absolute atomic E-state index is 0.0291. The quantitative estimate of drug-likeness (QED) is 0.502. The summed E-state index contributed by atoms with van der Waals surface area (Å²) in [6.45, 7) is 4.11. The summed E-state index contributed by atoms with van der Waals surface area (Å²) < 4.78 is 11.9. The number of rotatable bonds is 8.